The summed E-state index contributed by atoms with van der Waals surface area (Å²) in [5, 5.41) is 0. The van der Waals surface area contributed by atoms with Crippen LogP contribution in [0.2, 0.25) is 0 Å². The molecule has 0 saturated heterocycles. The molecular formula is C15H22. The molecule has 0 nitrogen and oxygen atoms in total. The lowest BCUT2D eigenvalue weighted by Crippen LogP contribution is -1.98. The van der Waals surface area contributed by atoms with Gasteiger partial charge in [0.1, 0.15) is 0 Å². The van der Waals surface area contributed by atoms with Crippen molar-refractivity contribution in [2.45, 2.75) is 41.5 Å². The Morgan fingerprint density at radius 2 is 1.40 bits per heavy atom. The van der Waals surface area contributed by atoms with Crippen LogP contribution in [0.25, 0.3) is 6.08 Å². The van der Waals surface area contributed by atoms with Gasteiger partial charge in [0.05, 0.1) is 0 Å². The fraction of sp³-hybridized carbons (Fsp3) is 0.467. The first-order valence-corrected chi connectivity index (χ1v) is 5.57. The number of rotatable bonds is 1. The highest BCUT2D eigenvalue weighted by atomic mass is 14.1. The quantitative estimate of drug-likeness (QED) is 0.620. The summed E-state index contributed by atoms with van der Waals surface area (Å²) >= 11 is 0. The van der Waals surface area contributed by atoms with Gasteiger partial charge in [-0.15, -0.1) is 0 Å². The third-order valence-electron chi connectivity index (χ3n) is 2.73. The number of allylic oxidation sites excluding steroid dienone is 1. The predicted octanol–water partition coefficient (Wildman–Crippen LogP) is 4.67. The van der Waals surface area contributed by atoms with Crippen LogP contribution in [0.4, 0.5) is 0 Å². The van der Waals surface area contributed by atoms with Crippen LogP contribution in [-0.2, 0) is 0 Å². The molecule has 0 heteroatoms. The topological polar surface area (TPSA) is 0 Å². The zero-order valence-electron chi connectivity index (χ0n) is 10.8. The number of aryl methyl sites for hydroxylation is 2. The van der Waals surface area contributed by atoms with Gasteiger partial charge in [-0.1, -0.05) is 45.1 Å². The monoisotopic (exact) mass is 202 g/mol. The summed E-state index contributed by atoms with van der Waals surface area (Å²) in [6, 6.07) is 4.51. The van der Waals surface area contributed by atoms with Crippen molar-refractivity contribution in [3.8, 4) is 0 Å². The second-order valence-electron chi connectivity index (χ2n) is 5.48. The first-order chi connectivity index (χ1) is 6.79. The molecule has 1 aromatic rings. The first-order valence-electron chi connectivity index (χ1n) is 5.57. The largest absolute Gasteiger partial charge is 0.0785 e. The zero-order valence-corrected chi connectivity index (χ0v) is 10.8. The third-order valence-corrected chi connectivity index (χ3v) is 2.73. The molecule has 0 fully saturated rings. The SMILES string of the molecule is Cc1cc(/C=C\C(C)(C)C)cc(C)c1C. The third kappa shape index (κ3) is 3.54. The standard InChI is InChI=1S/C15H22/c1-11-9-14(7-8-15(4,5)6)10-12(2)13(11)3/h7-10H,1-6H3/b8-7-. The van der Waals surface area contributed by atoms with Crippen molar-refractivity contribution in [1.29, 1.82) is 0 Å². The maximum atomic E-state index is 2.26. The Morgan fingerprint density at radius 1 is 0.933 bits per heavy atom. The van der Waals surface area contributed by atoms with E-state index in [1.54, 1.807) is 0 Å². The Morgan fingerprint density at radius 3 is 1.80 bits per heavy atom. The summed E-state index contributed by atoms with van der Waals surface area (Å²) < 4.78 is 0. The van der Waals surface area contributed by atoms with E-state index in [1.165, 1.54) is 22.3 Å². The molecule has 15 heavy (non-hydrogen) atoms. The van der Waals surface area contributed by atoms with Gasteiger partial charge in [-0.05, 0) is 48.4 Å². The molecule has 0 saturated carbocycles. The lowest BCUT2D eigenvalue weighted by molar-refractivity contribution is 0.547. The van der Waals surface area contributed by atoms with Crippen LogP contribution in [0.5, 0.6) is 0 Å². The van der Waals surface area contributed by atoms with Crippen molar-refractivity contribution in [2.24, 2.45) is 5.41 Å². The first kappa shape index (κ1) is 12.0. The van der Waals surface area contributed by atoms with E-state index in [0.29, 0.717) is 0 Å². The Hall–Kier alpha value is -1.04. The van der Waals surface area contributed by atoms with Crippen molar-refractivity contribution in [3.05, 3.63) is 40.5 Å². The van der Waals surface area contributed by atoms with Gasteiger partial charge in [-0.25, -0.2) is 0 Å². The highest BCUT2D eigenvalue weighted by molar-refractivity contribution is 5.54. The van der Waals surface area contributed by atoms with Crippen LogP contribution in [0, 0.1) is 26.2 Å². The molecule has 0 N–H and O–H groups in total. The van der Waals surface area contributed by atoms with Crippen LogP contribution in [-0.4, -0.2) is 0 Å². The molecule has 0 aliphatic heterocycles. The van der Waals surface area contributed by atoms with E-state index in [-0.39, 0.29) is 5.41 Å². The van der Waals surface area contributed by atoms with Crippen molar-refractivity contribution in [2.75, 3.05) is 0 Å². The van der Waals surface area contributed by atoms with Crippen molar-refractivity contribution >= 4 is 6.08 Å². The molecule has 0 unspecified atom stereocenters. The molecule has 1 rings (SSSR count). The molecule has 0 aliphatic carbocycles. The fourth-order valence-corrected chi connectivity index (χ4v) is 1.51. The van der Waals surface area contributed by atoms with Gasteiger partial charge in [0.25, 0.3) is 0 Å². The van der Waals surface area contributed by atoms with Crippen LogP contribution in [0.15, 0.2) is 18.2 Å². The molecule has 0 heterocycles. The van der Waals surface area contributed by atoms with E-state index in [1.807, 2.05) is 0 Å². The summed E-state index contributed by atoms with van der Waals surface area (Å²) in [6.07, 6.45) is 4.48. The average molecular weight is 202 g/mol. The summed E-state index contributed by atoms with van der Waals surface area (Å²) in [6.45, 7) is 13.2. The van der Waals surface area contributed by atoms with E-state index < -0.39 is 0 Å². The van der Waals surface area contributed by atoms with E-state index in [2.05, 4.69) is 65.8 Å². The molecule has 0 aliphatic rings. The molecule has 0 radical (unpaired) electrons. The minimum Gasteiger partial charge on any atom is -0.0785 e. The molecule has 1 aromatic carbocycles. The zero-order chi connectivity index (χ0) is 11.6. The Balaban J connectivity index is 3.03. The number of benzene rings is 1. The van der Waals surface area contributed by atoms with Gasteiger partial charge in [0.2, 0.25) is 0 Å². The van der Waals surface area contributed by atoms with Gasteiger partial charge in [0.15, 0.2) is 0 Å². The van der Waals surface area contributed by atoms with Crippen LogP contribution < -0.4 is 0 Å². The van der Waals surface area contributed by atoms with Crippen LogP contribution >= 0.6 is 0 Å². The van der Waals surface area contributed by atoms with E-state index >= 15 is 0 Å². The summed E-state index contributed by atoms with van der Waals surface area (Å²) in [4.78, 5) is 0. The summed E-state index contributed by atoms with van der Waals surface area (Å²) in [5.74, 6) is 0. The van der Waals surface area contributed by atoms with Crippen LogP contribution in [0.1, 0.15) is 43.0 Å². The van der Waals surface area contributed by atoms with Crippen molar-refractivity contribution < 1.29 is 0 Å². The second-order valence-corrected chi connectivity index (χ2v) is 5.48. The number of hydrogen-bond acceptors (Lipinski definition) is 0. The maximum Gasteiger partial charge on any atom is -0.0200 e. The highest BCUT2D eigenvalue weighted by Gasteiger charge is 2.04. The minimum atomic E-state index is 0.257. The Bertz CT molecular complexity index is 353. The Labute approximate surface area is 94.0 Å². The summed E-state index contributed by atoms with van der Waals surface area (Å²) in [5.41, 5.74) is 5.73. The molecule has 0 amide bonds. The summed E-state index contributed by atoms with van der Waals surface area (Å²) in [7, 11) is 0. The number of hydrogen-bond donors (Lipinski definition) is 0. The van der Waals surface area contributed by atoms with Gasteiger partial charge < -0.3 is 0 Å². The molecule has 0 bridgehead atoms. The van der Waals surface area contributed by atoms with Gasteiger partial charge in [0, 0.05) is 0 Å². The smallest absolute Gasteiger partial charge is 0.0200 e. The van der Waals surface area contributed by atoms with Gasteiger partial charge in [-0.2, -0.15) is 0 Å². The Kier molecular flexibility index (Phi) is 3.38. The minimum absolute atomic E-state index is 0.257. The average Bonchev–Trinajstić information content (AvgIpc) is 2.09. The highest BCUT2D eigenvalue weighted by Crippen LogP contribution is 2.20. The van der Waals surface area contributed by atoms with E-state index in [0.717, 1.165) is 0 Å². The van der Waals surface area contributed by atoms with Gasteiger partial charge >= 0.3 is 0 Å². The molecule has 0 spiro atoms. The van der Waals surface area contributed by atoms with Crippen molar-refractivity contribution in [3.63, 3.8) is 0 Å². The predicted molar refractivity (Wildman–Crippen MR) is 69.1 cm³/mol. The lowest BCUT2D eigenvalue weighted by atomic mass is 9.94. The van der Waals surface area contributed by atoms with Gasteiger partial charge in [-0.3, -0.25) is 0 Å². The lowest BCUT2D eigenvalue weighted by Gasteiger charge is -2.12. The second kappa shape index (κ2) is 4.22. The molecule has 0 aromatic heterocycles. The molecular weight excluding hydrogens is 180 g/mol. The van der Waals surface area contributed by atoms with Crippen LogP contribution in [0.3, 0.4) is 0 Å². The normalized spacial score (nSPS) is 12.4. The molecule has 0 atom stereocenters. The van der Waals surface area contributed by atoms with E-state index in [4.69, 9.17) is 0 Å². The molecule has 82 valence electrons. The van der Waals surface area contributed by atoms with Crippen molar-refractivity contribution in [1.82, 2.24) is 0 Å². The maximum absolute atomic E-state index is 2.26. The fourth-order valence-electron chi connectivity index (χ4n) is 1.51. The van der Waals surface area contributed by atoms with E-state index in [9.17, 15) is 0 Å².